The van der Waals surface area contributed by atoms with Crippen LogP contribution in [-0.2, 0) is 11.3 Å². The first kappa shape index (κ1) is 12.1. The Balaban J connectivity index is 2.19. The van der Waals surface area contributed by atoms with Gasteiger partial charge in [0.25, 0.3) is 0 Å². The summed E-state index contributed by atoms with van der Waals surface area (Å²) in [7, 11) is 0. The standard InChI is InChI=1S/C11H11NO3S2/c13-10(14)4-1-5-12-8(7-17-11(12)15)9-3-2-6-16-9/h2-3,6-7H,1,4-5H2,(H,13,14). The van der Waals surface area contributed by atoms with Gasteiger partial charge in [0, 0.05) is 18.3 Å². The number of rotatable bonds is 5. The van der Waals surface area contributed by atoms with Crippen molar-refractivity contribution in [3.05, 3.63) is 32.6 Å². The number of nitrogens with zero attached hydrogens (tertiary/aromatic N) is 1. The fourth-order valence-corrected chi connectivity index (χ4v) is 3.16. The maximum atomic E-state index is 11.6. The van der Waals surface area contributed by atoms with Crippen LogP contribution in [0, 0.1) is 0 Å². The van der Waals surface area contributed by atoms with Crippen LogP contribution in [0.5, 0.6) is 0 Å². The monoisotopic (exact) mass is 269 g/mol. The van der Waals surface area contributed by atoms with Gasteiger partial charge in [0.1, 0.15) is 0 Å². The SMILES string of the molecule is O=C(O)CCCn1c(-c2cccs2)csc1=O. The zero-order valence-electron chi connectivity index (χ0n) is 8.96. The number of aromatic nitrogens is 1. The Morgan fingerprint density at radius 3 is 2.88 bits per heavy atom. The Bertz CT molecular complexity index is 554. The second kappa shape index (κ2) is 5.29. The third-order valence-electron chi connectivity index (χ3n) is 2.33. The maximum Gasteiger partial charge on any atom is 0.307 e. The summed E-state index contributed by atoms with van der Waals surface area (Å²) >= 11 is 2.73. The van der Waals surface area contributed by atoms with Crippen molar-refractivity contribution < 1.29 is 9.90 Å². The third-order valence-corrected chi connectivity index (χ3v) is 3.98. The molecule has 0 radical (unpaired) electrons. The summed E-state index contributed by atoms with van der Waals surface area (Å²) in [6, 6.07) is 3.89. The van der Waals surface area contributed by atoms with Crippen LogP contribution in [0.4, 0.5) is 0 Å². The molecule has 0 saturated carbocycles. The number of carbonyl (C=O) groups is 1. The van der Waals surface area contributed by atoms with Crippen LogP contribution in [0.2, 0.25) is 0 Å². The Hall–Kier alpha value is -1.40. The lowest BCUT2D eigenvalue weighted by Gasteiger charge is -2.04. The van der Waals surface area contributed by atoms with E-state index < -0.39 is 5.97 Å². The molecule has 17 heavy (non-hydrogen) atoms. The van der Waals surface area contributed by atoms with E-state index >= 15 is 0 Å². The average Bonchev–Trinajstić information content (AvgIpc) is 2.88. The van der Waals surface area contributed by atoms with Crippen molar-refractivity contribution in [2.75, 3.05) is 0 Å². The quantitative estimate of drug-likeness (QED) is 0.907. The lowest BCUT2D eigenvalue weighted by atomic mass is 10.3. The predicted octanol–water partition coefficient (Wildman–Crippen LogP) is 2.50. The van der Waals surface area contributed by atoms with Gasteiger partial charge in [-0.05, 0) is 17.9 Å². The van der Waals surface area contributed by atoms with Crippen LogP contribution in [-0.4, -0.2) is 15.6 Å². The second-order valence-corrected chi connectivity index (χ2v) is 5.28. The lowest BCUT2D eigenvalue weighted by molar-refractivity contribution is -0.137. The highest BCUT2D eigenvalue weighted by atomic mass is 32.1. The van der Waals surface area contributed by atoms with E-state index in [4.69, 9.17) is 5.11 Å². The smallest absolute Gasteiger partial charge is 0.307 e. The maximum absolute atomic E-state index is 11.6. The largest absolute Gasteiger partial charge is 0.481 e. The number of carboxylic acid groups (broad SMARTS) is 1. The van der Waals surface area contributed by atoms with E-state index in [1.807, 2.05) is 22.9 Å². The van der Waals surface area contributed by atoms with Crippen LogP contribution in [0.3, 0.4) is 0 Å². The van der Waals surface area contributed by atoms with Crippen molar-refractivity contribution in [3.8, 4) is 10.6 Å². The van der Waals surface area contributed by atoms with Crippen LogP contribution in [0.25, 0.3) is 10.6 Å². The topological polar surface area (TPSA) is 59.3 Å². The first-order chi connectivity index (χ1) is 8.18. The Morgan fingerprint density at radius 1 is 1.41 bits per heavy atom. The van der Waals surface area contributed by atoms with Gasteiger partial charge in [-0.25, -0.2) is 0 Å². The van der Waals surface area contributed by atoms with E-state index in [0.717, 1.165) is 21.9 Å². The van der Waals surface area contributed by atoms with Crippen LogP contribution in [0.15, 0.2) is 27.7 Å². The third kappa shape index (κ3) is 2.83. The molecule has 0 aliphatic heterocycles. The predicted molar refractivity (Wildman–Crippen MR) is 68.8 cm³/mol. The van der Waals surface area contributed by atoms with Crippen LogP contribution < -0.4 is 4.87 Å². The zero-order valence-corrected chi connectivity index (χ0v) is 10.6. The molecule has 0 spiro atoms. The van der Waals surface area contributed by atoms with E-state index in [2.05, 4.69) is 0 Å². The van der Waals surface area contributed by atoms with Gasteiger partial charge in [-0.2, -0.15) is 0 Å². The number of thiophene rings is 1. The lowest BCUT2D eigenvalue weighted by Crippen LogP contribution is -2.14. The van der Waals surface area contributed by atoms with Crippen molar-refractivity contribution in [1.82, 2.24) is 4.57 Å². The summed E-state index contributed by atoms with van der Waals surface area (Å²) < 4.78 is 1.65. The fraction of sp³-hybridized carbons (Fsp3) is 0.273. The van der Waals surface area contributed by atoms with Crippen molar-refractivity contribution in [3.63, 3.8) is 0 Å². The highest BCUT2D eigenvalue weighted by molar-refractivity contribution is 7.14. The molecule has 0 saturated heterocycles. The van der Waals surface area contributed by atoms with Gasteiger partial charge >= 0.3 is 10.8 Å². The van der Waals surface area contributed by atoms with Crippen LogP contribution >= 0.6 is 22.7 Å². The summed E-state index contributed by atoms with van der Waals surface area (Å²) in [6.45, 7) is 0.460. The normalized spacial score (nSPS) is 10.6. The molecule has 2 heterocycles. The molecule has 0 atom stereocenters. The summed E-state index contributed by atoms with van der Waals surface area (Å²) in [6.07, 6.45) is 0.566. The Morgan fingerprint density at radius 2 is 2.24 bits per heavy atom. The molecule has 0 unspecified atom stereocenters. The molecule has 0 amide bonds. The molecule has 2 rings (SSSR count). The number of thiazole rings is 1. The van der Waals surface area contributed by atoms with E-state index in [0.29, 0.717) is 13.0 Å². The molecule has 6 heteroatoms. The molecule has 0 aliphatic carbocycles. The van der Waals surface area contributed by atoms with Gasteiger partial charge in [-0.3, -0.25) is 14.2 Å². The van der Waals surface area contributed by atoms with Crippen LogP contribution in [0.1, 0.15) is 12.8 Å². The molecule has 2 aromatic heterocycles. The average molecular weight is 269 g/mol. The molecule has 2 aromatic rings. The molecule has 1 N–H and O–H groups in total. The zero-order chi connectivity index (χ0) is 12.3. The van der Waals surface area contributed by atoms with Crippen molar-refractivity contribution in [2.24, 2.45) is 0 Å². The van der Waals surface area contributed by atoms with E-state index in [9.17, 15) is 9.59 Å². The first-order valence-corrected chi connectivity index (χ1v) is 6.88. The van der Waals surface area contributed by atoms with Crippen molar-refractivity contribution >= 4 is 28.6 Å². The van der Waals surface area contributed by atoms with Gasteiger partial charge in [0.05, 0.1) is 10.6 Å². The molecule has 0 aliphatic rings. The molecule has 0 fully saturated rings. The highest BCUT2D eigenvalue weighted by Crippen LogP contribution is 2.25. The highest BCUT2D eigenvalue weighted by Gasteiger charge is 2.09. The van der Waals surface area contributed by atoms with Gasteiger partial charge < -0.3 is 5.11 Å². The minimum absolute atomic E-state index is 0.0289. The molecular weight excluding hydrogens is 258 g/mol. The molecule has 0 bridgehead atoms. The van der Waals surface area contributed by atoms with Gasteiger partial charge in [-0.1, -0.05) is 17.4 Å². The number of aliphatic carboxylic acids is 1. The first-order valence-electron chi connectivity index (χ1n) is 5.12. The van der Waals surface area contributed by atoms with Crippen molar-refractivity contribution in [1.29, 1.82) is 0 Å². The molecule has 0 aromatic carbocycles. The number of hydrogen-bond donors (Lipinski definition) is 1. The number of carboxylic acids is 1. The van der Waals surface area contributed by atoms with Gasteiger partial charge in [-0.15, -0.1) is 11.3 Å². The van der Waals surface area contributed by atoms with E-state index in [-0.39, 0.29) is 11.3 Å². The molecule has 90 valence electrons. The summed E-state index contributed by atoms with van der Waals surface area (Å²) in [5.41, 5.74) is 0.889. The Labute approximate surface area is 106 Å². The van der Waals surface area contributed by atoms with E-state index in [1.54, 1.807) is 15.9 Å². The summed E-state index contributed by atoms with van der Waals surface area (Å²) in [5, 5.41) is 12.4. The van der Waals surface area contributed by atoms with Gasteiger partial charge in [0.15, 0.2) is 0 Å². The Kier molecular flexibility index (Phi) is 3.75. The fourth-order valence-electron chi connectivity index (χ4n) is 1.55. The summed E-state index contributed by atoms with van der Waals surface area (Å²) in [5.74, 6) is -0.828. The minimum Gasteiger partial charge on any atom is -0.481 e. The van der Waals surface area contributed by atoms with Crippen molar-refractivity contribution in [2.45, 2.75) is 19.4 Å². The second-order valence-electron chi connectivity index (χ2n) is 3.51. The van der Waals surface area contributed by atoms with Gasteiger partial charge in [0.2, 0.25) is 0 Å². The minimum atomic E-state index is -0.828. The number of hydrogen-bond acceptors (Lipinski definition) is 4. The van der Waals surface area contributed by atoms with E-state index in [1.165, 1.54) is 0 Å². The summed E-state index contributed by atoms with van der Waals surface area (Å²) in [4.78, 5) is 23.1. The molecule has 4 nitrogen and oxygen atoms in total. The molecular formula is C11H11NO3S2.